The Labute approximate surface area is 209 Å². The van der Waals surface area contributed by atoms with Gasteiger partial charge in [-0.3, -0.25) is 9.78 Å². The van der Waals surface area contributed by atoms with Crippen LogP contribution in [0.2, 0.25) is 0 Å². The molecule has 190 valence electrons. The summed E-state index contributed by atoms with van der Waals surface area (Å²) in [7, 11) is 1.43. The number of anilines is 1. The number of carbonyl (C=O) groups is 1. The summed E-state index contributed by atoms with van der Waals surface area (Å²) in [6.45, 7) is 3.03. The fourth-order valence-electron chi connectivity index (χ4n) is 4.32. The summed E-state index contributed by atoms with van der Waals surface area (Å²) in [6.07, 6.45) is 4.21. The monoisotopic (exact) mass is 494 g/mol. The summed E-state index contributed by atoms with van der Waals surface area (Å²) >= 11 is 0. The third-order valence-electron chi connectivity index (χ3n) is 6.77. The van der Waals surface area contributed by atoms with Gasteiger partial charge in [0, 0.05) is 19.3 Å². The number of nitrogens with zero attached hydrogens (tertiary/aromatic N) is 4. The van der Waals surface area contributed by atoms with Crippen molar-refractivity contribution in [2.24, 2.45) is 0 Å². The first-order chi connectivity index (χ1) is 17.2. The number of aliphatic hydroxyl groups is 1. The van der Waals surface area contributed by atoms with Crippen molar-refractivity contribution in [1.29, 1.82) is 5.26 Å². The predicted octanol–water partition coefficient (Wildman–Crippen LogP) is 3.48. The minimum atomic E-state index is -1.40. The van der Waals surface area contributed by atoms with Crippen molar-refractivity contribution in [3.8, 4) is 17.5 Å². The quantitative estimate of drug-likeness (QED) is 0.438. The number of pyridine rings is 1. The molecule has 1 saturated carbocycles. The number of aromatic nitrogens is 3. The van der Waals surface area contributed by atoms with Crippen molar-refractivity contribution in [3.63, 3.8) is 0 Å². The van der Waals surface area contributed by atoms with Gasteiger partial charge in [-0.2, -0.15) is 10.4 Å². The Morgan fingerprint density at radius 1 is 1.36 bits per heavy atom. The van der Waals surface area contributed by atoms with Crippen LogP contribution in [0.1, 0.15) is 55.5 Å². The fraction of sp³-hybridized carbons (Fsp3) is 0.462. The lowest BCUT2D eigenvalue weighted by Gasteiger charge is -2.29. The number of fused-ring (bicyclic) bond motifs is 1. The van der Waals surface area contributed by atoms with Crippen LogP contribution in [0.15, 0.2) is 36.7 Å². The molecule has 4 rings (SSSR count). The first kappa shape index (κ1) is 25.5. The number of amides is 1. The SMILES string of the molecule is COC(C)(C)C(F)CNC(=O)c1cnc(-c2ccc3cc(C#N)cnn23)cc1N[C@H]1CCC[C@@H](O)C1. The molecule has 0 radical (unpaired) electrons. The average Bonchev–Trinajstić information content (AvgIpc) is 3.30. The van der Waals surface area contributed by atoms with Crippen LogP contribution >= 0.6 is 0 Å². The number of carbonyl (C=O) groups excluding carboxylic acids is 1. The molecule has 1 aliphatic rings. The van der Waals surface area contributed by atoms with E-state index in [0.29, 0.717) is 29.1 Å². The highest BCUT2D eigenvalue weighted by atomic mass is 19.1. The minimum Gasteiger partial charge on any atom is -0.393 e. The van der Waals surface area contributed by atoms with Gasteiger partial charge in [0.25, 0.3) is 5.91 Å². The summed E-state index contributed by atoms with van der Waals surface area (Å²) < 4.78 is 21.5. The molecule has 0 bridgehead atoms. The first-order valence-electron chi connectivity index (χ1n) is 12.0. The number of hydrogen-bond acceptors (Lipinski definition) is 7. The Kier molecular flexibility index (Phi) is 7.52. The molecule has 3 aromatic rings. The zero-order chi connectivity index (χ0) is 25.9. The molecular weight excluding hydrogens is 463 g/mol. The molecular formula is C26H31FN6O3. The topological polar surface area (TPSA) is 125 Å². The Balaban J connectivity index is 1.65. The largest absolute Gasteiger partial charge is 0.393 e. The van der Waals surface area contributed by atoms with Crippen molar-refractivity contribution >= 4 is 17.1 Å². The second kappa shape index (κ2) is 10.6. The van der Waals surface area contributed by atoms with Crippen molar-refractivity contribution in [2.75, 3.05) is 19.0 Å². The Morgan fingerprint density at radius 2 is 2.17 bits per heavy atom. The third-order valence-corrected chi connectivity index (χ3v) is 6.77. The molecule has 3 aromatic heterocycles. The Hall–Kier alpha value is -3.55. The molecule has 0 spiro atoms. The molecule has 1 unspecified atom stereocenters. The van der Waals surface area contributed by atoms with Crippen LogP contribution in [-0.4, -0.2) is 63.2 Å². The van der Waals surface area contributed by atoms with E-state index in [9.17, 15) is 14.3 Å². The predicted molar refractivity (Wildman–Crippen MR) is 133 cm³/mol. The van der Waals surface area contributed by atoms with Crippen LogP contribution in [0.5, 0.6) is 0 Å². The number of methoxy groups -OCH3 is 1. The normalized spacial score (nSPS) is 19.0. The van der Waals surface area contributed by atoms with Gasteiger partial charge in [0.15, 0.2) is 0 Å². The summed E-state index contributed by atoms with van der Waals surface area (Å²) in [6, 6.07) is 9.25. The highest BCUT2D eigenvalue weighted by Crippen LogP contribution is 2.29. The van der Waals surface area contributed by atoms with E-state index in [1.54, 1.807) is 30.5 Å². The molecule has 3 heterocycles. The van der Waals surface area contributed by atoms with Gasteiger partial charge in [-0.05, 0) is 63.8 Å². The molecule has 3 atom stereocenters. The van der Waals surface area contributed by atoms with E-state index in [-0.39, 0.29) is 18.2 Å². The van der Waals surface area contributed by atoms with E-state index in [4.69, 9.17) is 10.00 Å². The first-order valence-corrected chi connectivity index (χ1v) is 12.0. The van der Waals surface area contributed by atoms with E-state index in [1.165, 1.54) is 19.5 Å². The number of halogens is 1. The summed E-state index contributed by atoms with van der Waals surface area (Å²) in [4.78, 5) is 17.6. The van der Waals surface area contributed by atoms with E-state index >= 15 is 0 Å². The number of rotatable bonds is 8. The molecule has 0 saturated heterocycles. The number of hydrogen-bond donors (Lipinski definition) is 3. The van der Waals surface area contributed by atoms with Crippen LogP contribution in [0, 0.1) is 11.3 Å². The van der Waals surface area contributed by atoms with Crippen LogP contribution in [-0.2, 0) is 4.74 Å². The number of alkyl halides is 1. The highest BCUT2D eigenvalue weighted by molar-refractivity contribution is 6.00. The lowest BCUT2D eigenvalue weighted by molar-refractivity contribution is -0.0404. The maximum atomic E-state index is 14.6. The minimum absolute atomic E-state index is 0.0164. The van der Waals surface area contributed by atoms with Crippen LogP contribution < -0.4 is 10.6 Å². The van der Waals surface area contributed by atoms with Crippen LogP contribution in [0.3, 0.4) is 0 Å². The third kappa shape index (κ3) is 5.48. The van der Waals surface area contributed by atoms with Gasteiger partial charge in [0.1, 0.15) is 12.2 Å². The zero-order valence-electron chi connectivity index (χ0n) is 20.7. The van der Waals surface area contributed by atoms with Gasteiger partial charge in [0.05, 0.1) is 58.2 Å². The molecule has 36 heavy (non-hydrogen) atoms. The summed E-state index contributed by atoms with van der Waals surface area (Å²) in [5.74, 6) is -0.459. The highest BCUT2D eigenvalue weighted by Gasteiger charge is 2.30. The lowest BCUT2D eigenvalue weighted by atomic mass is 9.92. The second-order valence-electron chi connectivity index (χ2n) is 9.67. The van der Waals surface area contributed by atoms with Gasteiger partial charge >= 0.3 is 0 Å². The Morgan fingerprint density at radius 3 is 2.89 bits per heavy atom. The van der Waals surface area contributed by atoms with Crippen LogP contribution in [0.4, 0.5) is 10.1 Å². The van der Waals surface area contributed by atoms with Gasteiger partial charge < -0.3 is 20.5 Å². The van der Waals surface area contributed by atoms with E-state index in [0.717, 1.165) is 24.8 Å². The van der Waals surface area contributed by atoms with E-state index < -0.39 is 23.8 Å². The van der Waals surface area contributed by atoms with Crippen LogP contribution in [0.25, 0.3) is 16.9 Å². The number of nitriles is 1. The number of ether oxygens (including phenoxy) is 1. The van der Waals surface area contributed by atoms with E-state index in [1.807, 2.05) is 12.1 Å². The smallest absolute Gasteiger partial charge is 0.255 e. The standard InChI is InChI=1S/C26H31FN6O3/c1-26(2,36-3)24(27)15-30-25(35)20-14-29-22(11-21(20)32-17-5-4-6-19(34)10-17)23-8-7-18-9-16(12-28)13-31-33(18)23/h7-9,11,13-14,17,19,24,34H,4-6,10,15H2,1-3H3,(H,29,32)(H,30,35)/t17-,19+,24?/m0/s1. The van der Waals surface area contributed by atoms with Crippen molar-refractivity contribution in [3.05, 3.63) is 47.8 Å². The number of nitrogens with one attached hydrogen (secondary N) is 2. The molecule has 9 nitrogen and oxygen atoms in total. The van der Waals surface area contributed by atoms with Crippen molar-refractivity contribution in [1.82, 2.24) is 19.9 Å². The molecule has 3 N–H and O–H groups in total. The summed E-state index contributed by atoms with van der Waals surface area (Å²) in [5, 5.41) is 29.7. The maximum Gasteiger partial charge on any atom is 0.255 e. The fourth-order valence-corrected chi connectivity index (χ4v) is 4.32. The van der Waals surface area contributed by atoms with Gasteiger partial charge in [0.2, 0.25) is 0 Å². The van der Waals surface area contributed by atoms with Crippen molar-refractivity contribution < 1.29 is 19.0 Å². The van der Waals surface area contributed by atoms with E-state index in [2.05, 4.69) is 26.8 Å². The van der Waals surface area contributed by atoms with Gasteiger partial charge in [-0.15, -0.1) is 0 Å². The summed E-state index contributed by atoms with van der Waals surface area (Å²) in [5.41, 5.74) is 2.25. The lowest BCUT2D eigenvalue weighted by Crippen LogP contribution is -2.43. The molecule has 0 aliphatic heterocycles. The van der Waals surface area contributed by atoms with Crippen molar-refractivity contribution in [2.45, 2.75) is 63.4 Å². The molecule has 1 aliphatic carbocycles. The maximum absolute atomic E-state index is 14.6. The average molecular weight is 495 g/mol. The molecule has 1 amide bonds. The Bertz CT molecular complexity index is 1280. The van der Waals surface area contributed by atoms with Gasteiger partial charge in [-0.25, -0.2) is 8.91 Å². The second-order valence-corrected chi connectivity index (χ2v) is 9.67. The number of aliphatic hydroxyl groups excluding tert-OH is 1. The molecule has 1 fully saturated rings. The zero-order valence-corrected chi connectivity index (χ0v) is 20.7. The molecule has 0 aromatic carbocycles. The molecule has 10 heteroatoms. The van der Waals surface area contributed by atoms with Gasteiger partial charge in [-0.1, -0.05) is 0 Å².